The summed E-state index contributed by atoms with van der Waals surface area (Å²) in [7, 11) is 1.64. The first-order valence-corrected chi connectivity index (χ1v) is 10.3. The largest absolute Gasteiger partial charge is 0.497 e. The molecular weight excluding hydrogens is 394 g/mol. The van der Waals surface area contributed by atoms with E-state index in [1.807, 2.05) is 43.3 Å². The summed E-state index contributed by atoms with van der Waals surface area (Å²) in [5, 5.41) is 12.3. The molecule has 0 spiro atoms. The Balaban J connectivity index is 1.44. The van der Waals surface area contributed by atoms with Crippen molar-refractivity contribution >= 4 is 39.6 Å². The first-order chi connectivity index (χ1) is 13.6. The molecule has 4 aromatic rings. The Morgan fingerprint density at radius 2 is 2.00 bits per heavy atom. The smallest absolute Gasteiger partial charge is 0.258 e. The molecule has 0 bridgehead atoms. The van der Waals surface area contributed by atoms with Crippen molar-refractivity contribution in [3.63, 3.8) is 0 Å². The molecule has 1 aromatic carbocycles. The quantitative estimate of drug-likeness (QED) is 0.482. The second-order valence-electron chi connectivity index (χ2n) is 6.03. The Labute approximate surface area is 169 Å². The minimum Gasteiger partial charge on any atom is -0.497 e. The summed E-state index contributed by atoms with van der Waals surface area (Å²) in [5.74, 6) is 1.35. The number of aromatic nitrogens is 4. The van der Waals surface area contributed by atoms with E-state index in [0.717, 1.165) is 27.0 Å². The number of thioether (sulfide) groups is 1. The van der Waals surface area contributed by atoms with Gasteiger partial charge in [-0.2, -0.15) is 0 Å². The molecule has 0 aliphatic heterocycles. The van der Waals surface area contributed by atoms with E-state index < -0.39 is 0 Å². The van der Waals surface area contributed by atoms with E-state index in [1.165, 1.54) is 23.1 Å². The molecule has 9 heteroatoms. The summed E-state index contributed by atoms with van der Waals surface area (Å²) in [5.41, 5.74) is 3.27. The van der Waals surface area contributed by atoms with Gasteiger partial charge in [0.2, 0.25) is 5.13 Å². The molecular formula is C19H17N5O2S2. The maximum Gasteiger partial charge on any atom is 0.258 e. The molecule has 0 unspecified atom stereocenters. The highest BCUT2D eigenvalue weighted by Crippen LogP contribution is 2.29. The van der Waals surface area contributed by atoms with Crippen LogP contribution in [0.25, 0.3) is 5.65 Å². The van der Waals surface area contributed by atoms with Crippen LogP contribution in [0.2, 0.25) is 0 Å². The van der Waals surface area contributed by atoms with Gasteiger partial charge in [0, 0.05) is 23.7 Å². The Morgan fingerprint density at radius 3 is 2.79 bits per heavy atom. The Hall–Kier alpha value is -2.91. The Bertz CT molecular complexity index is 1170. The van der Waals surface area contributed by atoms with Gasteiger partial charge in [-0.15, -0.1) is 10.2 Å². The number of benzene rings is 1. The molecule has 28 heavy (non-hydrogen) atoms. The van der Waals surface area contributed by atoms with Crippen LogP contribution in [-0.4, -0.2) is 26.7 Å². The molecule has 0 fully saturated rings. The third-order valence-electron chi connectivity index (χ3n) is 3.97. The summed E-state index contributed by atoms with van der Waals surface area (Å²) in [6.45, 7) is 1.98. The van der Waals surface area contributed by atoms with Gasteiger partial charge < -0.3 is 10.1 Å². The van der Waals surface area contributed by atoms with Gasteiger partial charge in [-0.25, -0.2) is 4.98 Å². The molecule has 0 aliphatic carbocycles. The topological polar surface area (TPSA) is 81.4 Å². The molecule has 142 valence electrons. The van der Waals surface area contributed by atoms with Crippen LogP contribution in [0.3, 0.4) is 0 Å². The summed E-state index contributed by atoms with van der Waals surface area (Å²) >= 11 is 2.96. The fraction of sp³-hybridized carbons (Fsp3) is 0.158. The van der Waals surface area contributed by atoms with E-state index in [2.05, 4.69) is 20.5 Å². The highest BCUT2D eigenvalue weighted by atomic mass is 32.2. The molecule has 3 aromatic heterocycles. The highest BCUT2D eigenvalue weighted by molar-refractivity contribution is 8.00. The molecule has 0 atom stereocenters. The van der Waals surface area contributed by atoms with Crippen molar-refractivity contribution < 1.29 is 4.74 Å². The van der Waals surface area contributed by atoms with Crippen LogP contribution >= 0.6 is 23.1 Å². The van der Waals surface area contributed by atoms with Crippen LogP contribution in [0.15, 0.2) is 57.8 Å². The maximum absolute atomic E-state index is 12.2. The lowest BCUT2D eigenvalue weighted by Crippen LogP contribution is -2.15. The van der Waals surface area contributed by atoms with Crippen molar-refractivity contribution in [3.8, 4) is 5.75 Å². The standard InChI is InChI=1S/C19H17N5O2S2/c1-12-7-8-24-16(9-12)20-14(10-17(24)25)11-27-19-23-22-18(28-19)21-13-3-5-15(26-2)6-4-13/h3-10H,11H2,1-2H3,(H,21,22). The van der Waals surface area contributed by atoms with Crippen LogP contribution in [0.1, 0.15) is 11.3 Å². The minimum absolute atomic E-state index is 0.0836. The van der Waals surface area contributed by atoms with Crippen molar-refractivity contribution in [2.24, 2.45) is 0 Å². The molecule has 0 radical (unpaired) electrons. The van der Waals surface area contributed by atoms with Gasteiger partial charge in [0.1, 0.15) is 11.4 Å². The lowest BCUT2D eigenvalue weighted by molar-refractivity contribution is 0.415. The van der Waals surface area contributed by atoms with E-state index in [4.69, 9.17) is 4.74 Å². The molecule has 0 saturated carbocycles. The molecule has 7 nitrogen and oxygen atoms in total. The van der Waals surface area contributed by atoms with Crippen molar-refractivity contribution in [1.82, 2.24) is 19.6 Å². The van der Waals surface area contributed by atoms with E-state index >= 15 is 0 Å². The van der Waals surface area contributed by atoms with Crippen LogP contribution in [0, 0.1) is 6.92 Å². The maximum atomic E-state index is 12.2. The summed E-state index contributed by atoms with van der Waals surface area (Å²) in [6, 6.07) is 13.0. The Kier molecular flexibility index (Phi) is 5.27. The number of pyridine rings is 1. The SMILES string of the molecule is COc1ccc(Nc2nnc(SCc3cc(=O)n4ccc(C)cc4n3)s2)cc1. The summed E-state index contributed by atoms with van der Waals surface area (Å²) in [4.78, 5) is 16.8. The van der Waals surface area contributed by atoms with Crippen LogP contribution < -0.4 is 15.6 Å². The van der Waals surface area contributed by atoms with Gasteiger partial charge in [0.05, 0.1) is 12.8 Å². The molecule has 1 N–H and O–H groups in total. The number of anilines is 2. The third kappa shape index (κ3) is 4.15. The minimum atomic E-state index is -0.0836. The number of hydrogen-bond acceptors (Lipinski definition) is 8. The van der Waals surface area contributed by atoms with Crippen molar-refractivity contribution in [2.45, 2.75) is 17.0 Å². The molecule has 0 saturated heterocycles. The number of ether oxygens (including phenoxy) is 1. The number of aryl methyl sites for hydroxylation is 1. The first kappa shape index (κ1) is 18.5. The number of methoxy groups -OCH3 is 1. The van der Waals surface area contributed by atoms with Gasteiger partial charge in [-0.3, -0.25) is 9.20 Å². The van der Waals surface area contributed by atoms with Crippen molar-refractivity contribution in [3.05, 3.63) is 70.3 Å². The lowest BCUT2D eigenvalue weighted by atomic mass is 10.3. The van der Waals surface area contributed by atoms with Gasteiger partial charge in [0.25, 0.3) is 5.56 Å². The normalized spacial score (nSPS) is 10.9. The van der Waals surface area contributed by atoms with Gasteiger partial charge in [0.15, 0.2) is 4.34 Å². The Morgan fingerprint density at radius 1 is 1.18 bits per heavy atom. The number of hydrogen-bond donors (Lipinski definition) is 1. The zero-order valence-electron chi connectivity index (χ0n) is 15.2. The number of nitrogens with zero attached hydrogens (tertiary/aromatic N) is 4. The predicted octanol–water partition coefficient (Wildman–Crippen LogP) is 3.90. The molecule has 3 heterocycles. The average molecular weight is 412 g/mol. The fourth-order valence-corrected chi connectivity index (χ4v) is 4.24. The van der Waals surface area contributed by atoms with E-state index in [0.29, 0.717) is 16.5 Å². The molecule has 4 rings (SSSR count). The summed E-state index contributed by atoms with van der Waals surface area (Å²) < 4.78 is 7.51. The molecule has 0 amide bonds. The van der Waals surface area contributed by atoms with Gasteiger partial charge >= 0.3 is 0 Å². The zero-order chi connectivity index (χ0) is 19.5. The van der Waals surface area contributed by atoms with E-state index in [1.54, 1.807) is 23.8 Å². The number of fused-ring (bicyclic) bond motifs is 1. The molecule has 0 aliphatic rings. The monoisotopic (exact) mass is 411 g/mol. The van der Waals surface area contributed by atoms with Crippen molar-refractivity contribution in [2.75, 3.05) is 12.4 Å². The van der Waals surface area contributed by atoms with Crippen LogP contribution in [0.5, 0.6) is 5.75 Å². The predicted molar refractivity (Wildman–Crippen MR) is 112 cm³/mol. The van der Waals surface area contributed by atoms with E-state index in [-0.39, 0.29) is 5.56 Å². The van der Waals surface area contributed by atoms with E-state index in [9.17, 15) is 4.79 Å². The average Bonchev–Trinajstić information content (AvgIpc) is 3.14. The number of rotatable bonds is 6. The lowest BCUT2D eigenvalue weighted by Gasteiger charge is -2.04. The third-order valence-corrected chi connectivity index (χ3v) is 5.97. The zero-order valence-corrected chi connectivity index (χ0v) is 16.9. The highest BCUT2D eigenvalue weighted by Gasteiger charge is 2.08. The van der Waals surface area contributed by atoms with Gasteiger partial charge in [-0.1, -0.05) is 23.1 Å². The second kappa shape index (κ2) is 7.99. The fourth-order valence-electron chi connectivity index (χ4n) is 2.58. The van der Waals surface area contributed by atoms with Crippen molar-refractivity contribution in [1.29, 1.82) is 0 Å². The first-order valence-electron chi connectivity index (χ1n) is 8.47. The summed E-state index contributed by atoms with van der Waals surface area (Å²) in [6.07, 6.45) is 1.75. The van der Waals surface area contributed by atoms with Gasteiger partial charge in [-0.05, 0) is 48.9 Å². The second-order valence-corrected chi connectivity index (χ2v) is 8.23. The van der Waals surface area contributed by atoms with Crippen LogP contribution in [0.4, 0.5) is 10.8 Å². The number of nitrogens with one attached hydrogen (secondary N) is 1. The van der Waals surface area contributed by atoms with Crippen LogP contribution in [-0.2, 0) is 5.75 Å².